The van der Waals surface area contributed by atoms with Crippen LogP contribution in [0.4, 0.5) is 11.4 Å². The summed E-state index contributed by atoms with van der Waals surface area (Å²) in [4.78, 5) is 25.4. The van der Waals surface area contributed by atoms with Crippen LogP contribution in [-0.4, -0.2) is 63.1 Å². The number of carbonyl (C=O) groups is 2. The molecule has 2 amide bonds. The second kappa shape index (κ2) is 15.5. The number of amides is 2. The molecule has 2 aromatic heterocycles. The first-order chi connectivity index (χ1) is 23.5. The van der Waals surface area contributed by atoms with E-state index in [4.69, 9.17) is 0 Å². The number of hydrogen-bond acceptors (Lipinski definition) is 10. The Morgan fingerprint density at radius 1 is 0.542 bits per heavy atom. The molecule has 0 bridgehead atoms. The van der Waals surface area contributed by atoms with Crippen LogP contribution in [0.1, 0.15) is 23.9 Å². The van der Waals surface area contributed by atoms with Crippen LogP contribution in [0.15, 0.2) is 132 Å². The van der Waals surface area contributed by atoms with E-state index in [9.17, 15) is 19.8 Å². The smallest absolute Gasteiger partial charge is 0.234 e. The van der Waals surface area contributed by atoms with Gasteiger partial charge in [0.1, 0.15) is 12.2 Å². The summed E-state index contributed by atoms with van der Waals surface area (Å²) < 4.78 is 3.20. The summed E-state index contributed by atoms with van der Waals surface area (Å²) in [7, 11) is 0. The number of benzene rings is 4. The molecule has 0 saturated heterocycles. The molecule has 48 heavy (non-hydrogen) atoms. The largest absolute Gasteiger partial charge is 0.382 e. The molecule has 4 aromatic carbocycles. The normalized spacial score (nSPS) is 12.3. The first-order valence-electron chi connectivity index (χ1n) is 14.8. The molecule has 4 N–H and O–H groups in total. The van der Waals surface area contributed by atoms with Gasteiger partial charge in [-0.1, -0.05) is 96.3 Å². The average Bonchev–Trinajstić information content (AvgIpc) is 3.75. The predicted octanol–water partition coefficient (Wildman–Crippen LogP) is 5.08. The number of hydrogen-bond donors (Lipinski definition) is 4. The Morgan fingerprint density at radius 3 is 1.23 bits per heavy atom. The minimum atomic E-state index is -1.60. The summed E-state index contributed by atoms with van der Waals surface area (Å²) in [5.41, 5.74) is 2.59. The van der Waals surface area contributed by atoms with Gasteiger partial charge in [-0.15, -0.1) is 20.4 Å². The van der Waals surface area contributed by atoms with Gasteiger partial charge < -0.3 is 20.8 Å². The van der Waals surface area contributed by atoms with Crippen molar-refractivity contribution in [3.05, 3.63) is 133 Å². The van der Waals surface area contributed by atoms with Crippen molar-refractivity contribution in [3.63, 3.8) is 0 Å². The Balaban J connectivity index is 1.26. The van der Waals surface area contributed by atoms with Gasteiger partial charge in [-0.3, -0.25) is 18.7 Å². The van der Waals surface area contributed by atoms with Crippen LogP contribution in [0.25, 0.3) is 11.4 Å². The maximum absolute atomic E-state index is 12.7. The zero-order valence-corrected chi connectivity index (χ0v) is 27.0. The number of aromatic nitrogens is 6. The number of nitrogens with zero attached hydrogens (tertiary/aromatic N) is 6. The average molecular weight is 679 g/mol. The fraction of sp³-hybridized carbons (Fsp3) is 0.118. The number of carbonyl (C=O) groups excluding carboxylic acids is 2. The van der Waals surface area contributed by atoms with E-state index in [0.29, 0.717) is 33.1 Å². The number of anilines is 2. The lowest BCUT2D eigenvalue weighted by Crippen LogP contribution is -2.20. The SMILES string of the molecule is O=C(CSc1nnc([C@@H](O)[C@H](O)c2nnc(SCC(=O)Nc3ccccc3)n2-c2ccccc2)n1-c1ccccc1)Nc1ccccc1. The minimum Gasteiger partial charge on any atom is -0.382 e. The van der Waals surface area contributed by atoms with E-state index in [0.717, 1.165) is 23.5 Å². The fourth-order valence-corrected chi connectivity index (χ4v) is 6.27. The number of aliphatic hydroxyl groups excluding tert-OH is 2. The lowest BCUT2D eigenvalue weighted by Gasteiger charge is -2.20. The molecular weight excluding hydrogens is 649 g/mol. The molecule has 0 radical (unpaired) electrons. The Bertz CT molecular complexity index is 1820. The van der Waals surface area contributed by atoms with Gasteiger partial charge in [0.2, 0.25) is 11.8 Å². The van der Waals surface area contributed by atoms with Gasteiger partial charge >= 0.3 is 0 Å². The van der Waals surface area contributed by atoms with Gasteiger partial charge in [0.25, 0.3) is 0 Å². The van der Waals surface area contributed by atoms with Crippen LogP contribution < -0.4 is 10.6 Å². The fourth-order valence-electron chi connectivity index (χ4n) is 4.75. The lowest BCUT2D eigenvalue weighted by atomic mass is 10.1. The standard InChI is InChI=1S/C34H30N8O4S2/c43-27(35-23-13-5-1-6-14-23)21-47-33-39-37-31(41(33)25-17-9-3-10-18-25)29(45)30(46)32-38-40-34(42(32)26-19-11-4-12-20-26)48-22-28(44)36-24-15-7-2-8-16-24/h1-20,29-30,45-46H,21-22H2,(H,35,43)(H,36,44)/t29-,30-/m0/s1. The number of aliphatic hydroxyl groups is 2. The summed E-state index contributed by atoms with van der Waals surface area (Å²) in [5, 5.41) is 46.6. The molecule has 0 aliphatic heterocycles. The minimum absolute atomic E-state index is 0.0271. The molecule has 6 aromatic rings. The maximum Gasteiger partial charge on any atom is 0.234 e. The molecule has 0 unspecified atom stereocenters. The Hall–Kier alpha value is -5.28. The third-order valence-corrected chi connectivity index (χ3v) is 8.81. The van der Waals surface area contributed by atoms with E-state index < -0.39 is 12.2 Å². The zero-order valence-electron chi connectivity index (χ0n) is 25.3. The highest BCUT2D eigenvalue weighted by atomic mass is 32.2. The second-order valence-corrected chi connectivity index (χ2v) is 12.2. The topological polar surface area (TPSA) is 160 Å². The van der Waals surface area contributed by atoms with Crippen molar-refractivity contribution in [3.8, 4) is 11.4 Å². The van der Waals surface area contributed by atoms with Gasteiger partial charge in [0, 0.05) is 22.7 Å². The van der Waals surface area contributed by atoms with E-state index in [2.05, 4.69) is 31.0 Å². The number of nitrogens with one attached hydrogen (secondary N) is 2. The lowest BCUT2D eigenvalue weighted by molar-refractivity contribution is -0.114. The summed E-state index contributed by atoms with van der Waals surface area (Å²) in [5.74, 6) is -0.348. The third-order valence-electron chi connectivity index (χ3n) is 6.95. The molecule has 0 aliphatic rings. The molecule has 14 heteroatoms. The summed E-state index contributed by atoms with van der Waals surface area (Å²) in [6, 6.07) is 36.4. The van der Waals surface area contributed by atoms with Gasteiger partial charge in [-0.25, -0.2) is 0 Å². The molecule has 2 heterocycles. The Kier molecular flexibility index (Phi) is 10.6. The molecule has 12 nitrogen and oxygen atoms in total. The van der Waals surface area contributed by atoms with Crippen molar-refractivity contribution in [1.82, 2.24) is 29.5 Å². The van der Waals surface area contributed by atoms with Crippen molar-refractivity contribution in [2.45, 2.75) is 22.5 Å². The highest BCUT2D eigenvalue weighted by Crippen LogP contribution is 2.34. The van der Waals surface area contributed by atoms with Crippen LogP contribution in [0.3, 0.4) is 0 Å². The molecule has 6 rings (SSSR count). The highest BCUT2D eigenvalue weighted by Gasteiger charge is 2.33. The number of thioether (sulfide) groups is 2. The Morgan fingerprint density at radius 2 is 0.875 bits per heavy atom. The van der Waals surface area contributed by atoms with E-state index in [1.165, 1.54) is 0 Å². The van der Waals surface area contributed by atoms with Crippen LogP contribution in [0.2, 0.25) is 0 Å². The summed E-state index contributed by atoms with van der Waals surface area (Å²) >= 11 is 2.28. The van der Waals surface area contributed by atoms with Crippen molar-refractivity contribution in [1.29, 1.82) is 0 Å². The van der Waals surface area contributed by atoms with Crippen molar-refractivity contribution >= 4 is 46.7 Å². The van der Waals surface area contributed by atoms with E-state index in [1.54, 1.807) is 33.4 Å². The molecular formula is C34H30N8O4S2. The first kappa shape index (κ1) is 32.7. The van der Waals surface area contributed by atoms with Crippen molar-refractivity contribution < 1.29 is 19.8 Å². The molecule has 0 aliphatic carbocycles. The molecule has 0 saturated carbocycles. The third kappa shape index (κ3) is 7.81. The second-order valence-electron chi connectivity index (χ2n) is 10.3. The van der Waals surface area contributed by atoms with Crippen molar-refractivity contribution in [2.24, 2.45) is 0 Å². The van der Waals surface area contributed by atoms with Crippen LogP contribution in [0.5, 0.6) is 0 Å². The van der Waals surface area contributed by atoms with E-state index >= 15 is 0 Å². The first-order valence-corrected chi connectivity index (χ1v) is 16.8. The van der Waals surface area contributed by atoms with E-state index in [1.807, 2.05) is 97.1 Å². The molecule has 2 atom stereocenters. The van der Waals surface area contributed by atoms with Gasteiger partial charge in [-0.2, -0.15) is 0 Å². The Labute approximate surface area is 284 Å². The van der Waals surface area contributed by atoms with Crippen LogP contribution >= 0.6 is 23.5 Å². The van der Waals surface area contributed by atoms with Crippen molar-refractivity contribution in [2.75, 3.05) is 22.1 Å². The van der Waals surface area contributed by atoms with Gasteiger partial charge in [0.05, 0.1) is 11.5 Å². The molecule has 0 fully saturated rings. The summed E-state index contributed by atoms with van der Waals surface area (Å²) in [6.45, 7) is 0. The summed E-state index contributed by atoms with van der Waals surface area (Å²) in [6.07, 6.45) is -3.20. The monoisotopic (exact) mass is 678 g/mol. The predicted molar refractivity (Wildman–Crippen MR) is 184 cm³/mol. The number of para-hydroxylation sites is 4. The van der Waals surface area contributed by atoms with Gasteiger partial charge in [-0.05, 0) is 48.5 Å². The molecule has 242 valence electrons. The van der Waals surface area contributed by atoms with E-state index in [-0.39, 0.29) is 35.0 Å². The number of rotatable bonds is 13. The molecule has 0 spiro atoms. The van der Waals surface area contributed by atoms with Gasteiger partial charge in [0.15, 0.2) is 22.0 Å². The zero-order chi connectivity index (χ0) is 33.3. The maximum atomic E-state index is 12.7. The quantitative estimate of drug-likeness (QED) is 0.121. The highest BCUT2D eigenvalue weighted by molar-refractivity contribution is 8.00. The van der Waals surface area contributed by atoms with Crippen LogP contribution in [-0.2, 0) is 9.59 Å². The van der Waals surface area contributed by atoms with Crippen LogP contribution in [0, 0.1) is 0 Å².